The minimum absolute atomic E-state index is 0.0544. The number of imide groups is 1. The number of nitrogens with zero attached hydrogens (tertiary/aromatic N) is 6. The van der Waals surface area contributed by atoms with Crippen LogP contribution in [0.5, 0.6) is 0 Å². The summed E-state index contributed by atoms with van der Waals surface area (Å²) in [5.41, 5.74) is 5.44. The molecule has 49 heavy (non-hydrogen) atoms. The zero-order chi connectivity index (χ0) is 33.5. The smallest absolute Gasteiger partial charge is 0.255 e. The van der Waals surface area contributed by atoms with Gasteiger partial charge in [0.1, 0.15) is 29.2 Å². The lowest BCUT2D eigenvalue weighted by atomic mass is 10.0. The molecule has 3 aliphatic heterocycles. The van der Waals surface area contributed by atoms with E-state index in [1.165, 1.54) is 6.07 Å². The number of piperidine rings is 1. The van der Waals surface area contributed by atoms with Crippen molar-refractivity contribution in [2.75, 3.05) is 35.2 Å². The van der Waals surface area contributed by atoms with Gasteiger partial charge in [0.05, 0.1) is 17.9 Å². The number of rotatable bonds is 9. The molecule has 0 spiro atoms. The first-order valence-electron chi connectivity index (χ1n) is 16.5. The van der Waals surface area contributed by atoms with E-state index in [9.17, 15) is 18.8 Å². The lowest BCUT2D eigenvalue weighted by molar-refractivity contribution is -0.136. The number of imidazole rings is 1. The number of pyridine rings is 1. The Morgan fingerprint density at radius 1 is 0.898 bits per heavy atom. The Kier molecular flexibility index (Phi) is 7.86. The van der Waals surface area contributed by atoms with Crippen molar-refractivity contribution < 1.29 is 18.8 Å². The van der Waals surface area contributed by atoms with Crippen LogP contribution < -0.4 is 20.9 Å². The van der Waals surface area contributed by atoms with E-state index in [-0.39, 0.29) is 30.1 Å². The van der Waals surface area contributed by atoms with Crippen LogP contribution in [-0.2, 0) is 16.1 Å². The second-order valence-electron chi connectivity index (χ2n) is 12.5. The summed E-state index contributed by atoms with van der Waals surface area (Å²) in [6.07, 6.45) is 4.26. The van der Waals surface area contributed by atoms with E-state index in [0.29, 0.717) is 43.1 Å². The second kappa shape index (κ2) is 12.6. The van der Waals surface area contributed by atoms with Crippen LogP contribution in [0.15, 0.2) is 79.0 Å². The molecule has 13 heteroatoms. The number of aromatic nitrogens is 4. The molecular formula is C36H34FN9O3. The molecule has 0 bridgehead atoms. The van der Waals surface area contributed by atoms with Crippen molar-refractivity contribution in [2.24, 2.45) is 0 Å². The number of nitrogens with one attached hydrogen (secondary N) is 3. The van der Waals surface area contributed by atoms with Gasteiger partial charge in [0.15, 0.2) is 5.65 Å². The number of benzene rings is 2. The van der Waals surface area contributed by atoms with E-state index in [1.54, 1.807) is 29.3 Å². The summed E-state index contributed by atoms with van der Waals surface area (Å²) < 4.78 is 15.8. The summed E-state index contributed by atoms with van der Waals surface area (Å²) in [6, 6.07) is 21.5. The lowest BCUT2D eigenvalue weighted by Crippen LogP contribution is -2.52. The summed E-state index contributed by atoms with van der Waals surface area (Å²) in [5.74, 6) is 0.365. The first-order chi connectivity index (χ1) is 23.9. The Morgan fingerprint density at radius 3 is 2.65 bits per heavy atom. The molecular weight excluding hydrogens is 625 g/mol. The standard InChI is InChI=1S/C36H34FN9O3/c37-24-5-1-4-22(18-24)28-7-3-17-44(28)33-13-12-32-40-20-30(46(32)43-33)27-6-2-8-31(41-27)39-16-15-38-25-9-10-26-23(19-25)21-45(36(26)49)29-11-14-34(47)42-35(29)48/h1-2,4-6,8-10,12-13,18-20,28-29,38H,3,7,11,14-17,21H2,(H,39,41)(H,42,47,48). The SMILES string of the molecule is O=C1CCC(N2Cc3cc(NCCNc4cccc(-c5cnc6ccc(N7CCCC7c7cccc(F)c7)nn56)n4)ccc3C2=O)C(=O)N1. The fourth-order valence-corrected chi connectivity index (χ4v) is 7.05. The maximum atomic E-state index is 14.0. The van der Waals surface area contributed by atoms with Crippen molar-refractivity contribution in [1.29, 1.82) is 0 Å². The van der Waals surface area contributed by atoms with Crippen molar-refractivity contribution in [3.05, 3.63) is 102 Å². The van der Waals surface area contributed by atoms with Gasteiger partial charge >= 0.3 is 0 Å². The van der Waals surface area contributed by atoms with Gasteiger partial charge in [0.2, 0.25) is 11.8 Å². The third kappa shape index (κ3) is 5.92. The van der Waals surface area contributed by atoms with E-state index in [1.807, 2.05) is 53.0 Å². The maximum absolute atomic E-state index is 14.0. The zero-order valence-electron chi connectivity index (χ0n) is 26.6. The van der Waals surface area contributed by atoms with E-state index < -0.39 is 11.9 Å². The van der Waals surface area contributed by atoms with Crippen molar-refractivity contribution in [1.82, 2.24) is 29.8 Å². The minimum Gasteiger partial charge on any atom is -0.383 e. The molecule has 8 rings (SSSR count). The van der Waals surface area contributed by atoms with Gasteiger partial charge in [0.25, 0.3) is 5.91 Å². The fraction of sp³-hybridized carbons (Fsp3) is 0.278. The highest BCUT2D eigenvalue weighted by Gasteiger charge is 2.39. The molecule has 6 heterocycles. The molecule has 2 atom stereocenters. The number of fused-ring (bicyclic) bond motifs is 2. The third-order valence-electron chi connectivity index (χ3n) is 9.42. The largest absolute Gasteiger partial charge is 0.383 e. The summed E-state index contributed by atoms with van der Waals surface area (Å²) >= 11 is 0. The topological polar surface area (TPSA) is 137 Å². The normalized spacial score (nSPS) is 19.0. The molecule has 2 saturated heterocycles. The van der Waals surface area contributed by atoms with Gasteiger partial charge in [-0.25, -0.2) is 18.9 Å². The van der Waals surface area contributed by atoms with Crippen LogP contribution in [0.1, 0.15) is 53.2 Å². The van der Waals surface area contributed by atoms with Gasteiger partial charge in [-0.05, 0) is 85.0 Å². The second-order valence-corrected chi connectivity index (χ2v) is 12.5. The van der Waals surface area contributed by atoms with Crippen molar-refractivity contribution in [3.63, 3.8) is 0 Å². The van der Waals surface area contributed by atoms with Crippen molar-refractivity contribution in [3.8, 4) is 11.4 Å². The molecule has 2 fully saturated rings. The first kappa shape index (κ1) is 30.5. The molecule has 2 unspecified atom stereocenters. The van der Waals surface area contributed by atoms with Crippen LogP contribution in [0.25, 0.3) is 17.0 Å². The monoisotopic (exact) mass is 659 g/mol. The first-order valence-corrected chi connectivity index (χ1v) is 16.5. The summed E-state index contributed by atoms with van der Waals surface area (Å²) in [7, 11) is 0. The van der Waals surface area contributed by atoms with Crippen LogP contribution in [0.3, 0.4) is 0 Å². The summed E-state index contributed by atoms with van der Waals surface area (Å²) in [6.45, 7) is 2.34. The molecule has 2 aromatic carbocycles. The van der Waals surface area contributed by atoms with Crippen LogP contribution >= 0.6 is 0 Å². The molecule has 3 N–H and O–H groups in total. The predicted octanol–water partition coefficient (Wildman–Crippen LogP) is 4.56. The average Bonchev–Trinajstić information content (AvgIpc) is 3.84. The van der Waals surface area contributed by atoms with Gasteiger partial charge in [-0.15, -0.1) is 5.10 Å². The molecule has 0 saturated carbocycles. The molecule has 3 aromatic heterocycles. The van der Waals surface area contributed by atoms with Crippen LogP contribution in [0, 0.1) is 5.82 Å². The fourth-order valence-electron chi connectivity index (χ4n) is 7.05. The van der Waals surface area contributed by atoms with Gasteiger partial charge < -0.3 is 20.4 Å². The number of hydrogen-bond acceptors (Lipinski definition) is 9. The van der Waals surface area contributed by atoms with Crippen LogP contribution in [0.2, 0.25) is 0 Å². The Labute approximate surface area is 281 Å². The number of carbonyl (C=O) groups is 3. The van der Waals surface area contributed by atoms with Crippen molar-refractivity contribution >= 4 is 40.7 Å². The minimum atomic E-state index is -0.635. The quantitative estimate of drug-likeness (QED) is 0.154. The van der Waals surface area contributed by atoms with Gasteiger partial charge in [0, 0.05) is 43.9 Å². The zero-order valence-corrected chi connectivity index (χ0v) is 26.6. The predicted molar refractivity (Wildman–Crippen MR) is 181 cm³/mol. The number of anilines is 3. The van der Waals surface area contributed by atoms with E-state index >= 15 is 0 Å². The number of halogens is 1. The Hall–Kier alpha value is -5.85. The van der Waals surface area contributed by atoms with Crippen LogP contribution in [0.4, 0.5) is 21.7 Å². The molecule has 3 aliphatic rings. The third-order valence-corrected chi connectivity index (χ3v) is 9.42. The maximum Gasteiger partial charge on any atom is 0.255 e. The Bertz CT molecular complexity index is 2100. The van der Waals surface area contributed by atoms with E-state index in [4.69, 9.17) is 10.1 Å². The summed E-state index contributed by atoms with van der Waals surface area (Å²) in [4.78, 5) is 50.1. The molecule has 3 amide bonds. The number of amides is 3. The highest BCUT2D eigenvalue weighted by Crippen LogP contribution is 2.36. The molecule has 12 nitrogen and oxygen atoms in total. The molecule has 248 valence electrons. The number of carbonyl (C=O) groups excluding carboxylic acids is 3. The average molecular weight is 660 g/mol. The highest BCUT2D eigenvalue weighted by atomic mass is 19.1. The molecule has 0 radical (unpaired) electrons. The lowest BCUT2D eigenvalue weighted by Gasteiger charge is -2.29. The molecule has 5 aromatic rings. The number of hydrogen-bond donors (Lipinski definition) is 3. The Morgan fingerprint density at radius 2 is 1.78 bits per heavy atom. The van der Waals surface area contributed by atoms with E-state index in [2.05, 4.69) is 25.8 Å². The highest BCUT2D eigenvalue weighted by molar-refractivity contribution is 6.05. The van der Waals surface area contributed by atoms with Gasteiger partial charge in [-0.2, -0.15) is 0 Å². The van der Waals surface area contributed by atoms with E-state index in [0.717, 1.165) is 53.4 Å². The van der Waals surface area contributed by atoms with Crippen LogP contribution in [-0.4, -0.2) is 67.9 Å². The Balaban J connectivity index is 0.913. The van der Waals surface area contributed by atoms with Gasteiger partial charge in [-0.3, -0.25) is 19.7 Å². The molecule has 0 aliphatic carbocycles. The van der Waals surface area contributed by atoms with Crippen molar-refractivity contribution in [2.45, 2.75) is 44.3 Å². The van der Waals surface area contributed by atoms with Gasteiger partial charge in [-0.1, -0.05) is 18.2 Å². The summed E-state index contributed by atoms with van der Waals surface area (Å²) in [5, 5.41) is 14.1.